The van der Waals surface area contributed by atoms with Crippen LogP contribution < -0.4 is 0 Å². The van der Waals surface area contributed by atoms with Gasteiger partial charge in [-0.25, -0.2) is 9.13 Å². The molecule has 0 aliphatic heterocycles. The summed E-state index contributed by atoms with van der Waals surface area (Å²) in [7, 11) is -9.99. The van der Waals surface area contributed by atoms with Gasteiger partial charge in [0.15, 0.2) is 12.2 Å². The molecular formula is C87H144O17P2. The Hall–Kier alpha value is -5.32. The molecule has 0 aromatic rings. The molecular weight excluding hydrogens is 1380 g/mol. The Morgan fingerprint density at radius 3 is 0.755 bits per heavy atom. The van der Waals surface area contributed by atoms with Gasteiger partial charge in [-0.15, -0.1) is 0 Å². The summed E-state index contributed by atoms with van der Waals surface area (Å²) in [4.78, 5) is 73.1. The van der Waals surface area contributed by atoms with Crippen molar-refractivity contribution in [1.82, 2.24) is 0 Å². The van der Waals surface area contributed by atoms with E-state index in [0.29, 0.717) is 25.7 Å². The highest BCUT2D eigenvalue weighted by Crippen LogP contribution is 2.45. The van der Waals surface area contributed by atoms with Gasteiger partial charge in [-0.1, -0.05) is 276 Å². The van der Waals surface area contributed by atoms with Gasteiger partial charge >= 0.3 is 39.5 Å². The summed E-state index contributed by atoms with van der Waals surface area (Å²) >= 11 is 0. The van der Waals surface area contributed by atoms with E-state index in [4.69, 9.17) is 37.0 Å². The van der Waals surface area contributed by atoms with Crippen molar-refractivity contribution in [2.75, 3.05) is 39.6 Å². The minimum Gasteiger partial charge on any atom is -0.462 e. The Morgan fingerprint density at radius 2 is 0.491 bits per heavy atom. The van der Waals surface area contributed by atoms with Crippen LogP contribution in [0.2, 0.25) is 0 Å². The SMILES string of the molecule is CC/C=C\C/C=C\C/C=C\C/C=C\CCCCCCC(=O)OCC(COP(=O)(O)OCC(O)COP(=O)(O)OCC(COC(=O)CCCCCCCCC/C=C\C/C=C\C/C=C\CC)OC(=O)CCCCCCC/C=C\C/C=C\CCCCC)OC(=O)CCCCCC/C=C\C/C=C\C/C=C\C/C=C\CC. The van der Waals surface area contributed by atoms with Crippen molar-refractivity contribution >= 4 is 39.5 Å². The molecule has 0 aliphatic carbocycles. The second kappa shape index (κ2) is 77.8. The molecule has 19 heteroatoms. The van der Waals surface area contributed by atoms with Crippen molar-refractivity contribution in [1.29, 1.82) is 0 Å². The summed E-state index contributed by atoms with van der Waals surface area (Å²) in [5.41, 5.74) is 0. The number of rotatable bonds is 75. The van der Waals surface area contributed by atoms with Crippen LogP contribution in [0.1, 0.15) is 310 Å². The number of carbonyl (C=O) groups is 4. The van der Waals surface area contributed by atoms with Crippen LogP contribution in [0.15, 0.2) is 158 Å². The van der Waals surface area contributed by atoms with E-state index in [0.717, 1.165) is 212 Å². The largest absolute Gasteiger partial charge is 0.472 e. The maximum atomic E-state index is 13.1. The van der Waals surface area contributed by atoms with Gasteiger partial charge in [0.2, 0.25) is 0 Å². The van der Waals surface area contributed by atoms with Crippen LogP contribution in [-0.2, 0) is 65.4 Å². The van der Waals surface area contributed by atoms with Gasteiger partial charge < -0.3 is 33.8 Å². The number of esters is 4. The summed E-state index contributed by atoms with van der Waals surface area (Å²) < 4.78 is 68.7. The Balaban J connectivity index is 5.45. The van der Waals surface area contributed by atoms with Crippen LogP contribution in [0.4, 0.5) is 0 Å². The number of aliphatic hydroxyl groups is 1. The zero-order valence-electron chi connectivity index (χ0n) is 66.1. The third kappa shape index (κ3) is 76.9. The lowest BCUT2D eigenvalue weighted by Crippen LogP contribution is -2.30. The normalized spacial score (nSPS) is 14.7. The molecule has 0 rings (SSSR count). The van der Waals surface area contributed by atoms with E-state index in [1.54, 1.807) is 0 Å². The van der Waals surface area contributed by atoms with E-state index in [1.165, 1.54) is 19.3 Å². The summed E-state index contributed by atoms with van der Waals surface area (Å²) in [5, 5.41) is 10.7. The molecule has 0 spiro atoms. The fourth-order valence-corrected chi connectivity index (χ4v) is 11.9. The zero-order chi connectivity index (χ0) is 77.4. The number of allylic oxidation sites excluding steroid dienone is 26. The maximum absolute atomic E-state index is 13.1. The maximum Gasteiger partial charge on any atom is 0.472 e. The molecule has 106 heavy (non-hydrogen) atoms. The number of hydrogen-bond donors (Lipinski definition) is 3. The molecule has 0 aromatic carbocycles. The van der Waals surface area contributed by atoms with Gasteiger partial charge in [-0.3, -0.25) is 37.3 Å². The van der Waals surface area contributed by atoms with Gasteiger partial charge in [-0.05, 0) is 167 Å². The van der Waals surface area contributed by atoms with Gasteiger partial charge in [0.25, 0.3) is 0 Å². The lowest BCUT2D eigenvalue weighted by molar-refractivity contribution is -0.161. The third-order valence-corrected chi connectivity index (χ3v) is 18.4. The molecule has 17 nitrogen and oxygen atoms in total. The Kier molecular flexibility index (Phi) is 73.9. The molecule has 0 fully saturated rings. The van der Waals surface area contributed by atoms with Crippen LogP contribution in [0.25, 0.3) is 0 Å². The molecule has 5 unspecified atom stereocenters. The van der Waals surface area contributed by atoms with Gasteiger partial charge in [-0.2, -0.15) is 0 Å². The summed E-state index contributed by atoms with van der Waals surface area (Å²) in [6.45, 7) is 4.44. The molecule has 0 saturated carbocycles. The summed E-state index contributed by atoms with van der Waals surface area (Å²) in [5.74, 6) is -2.26. The standard InChI is InChI=1S/C87H144O17P2/c1-5-9-13-17-21-25-29-33-37-40-44-47-51-55-59-63-67-71-84(89)97-77-82(103-86(91)73-69-65-61-57-53-49-43-36-32-28-24-20-16-12-8-4)79-101-105(93,94)99-75-81(88)76-100-106(95,96)102-80-83(104-87(92)74-70-66-62-58-54-50-46-42-39-35-31-27-23-19-15-11-7-3)78-98-85(90)72-68-64-60-56-52-48-45-41-38-34-30-26-22-18-14-10-6-2/h9-11,13-15,21-28,33-39,43,45-46,48,50,81-83,88H,5-8,12,16-20,29-32,40-42,44,47,49,51-80H2,1-4H3,(H,93,94)(H,95,96)/b13-9-,14-10-,15-11-,25-21-,26-22-,27-23-,28-24-,37-33-,38-34-,39-35-,43-36-,48-45-,50-46-. The number of aliphatic hydroxyl groups excluding tert-OH is 1. The fraction of sp³-hybridized carbons (Fsp3) is 0.655. The Morgan fingerprint density at radius 1 is 0.274 bits per heavy atom. The first-order valence-corrected chi connectivity index (χ1v) is 43.7. The zero-order valence-corrected chi connectivity index (χ0v) is 67.8. The summed E-state index contributed by atoms with van der Waals surface area (Å²) in [6.07, 6.45) is 90.6. The topological polar surface area (TPSA) is 237 Å². The highest BCUT2D eigenvalue weighted by molar-refractivity contribution is 7.47. The molecule has 604 valence electrons. The smallest absolute Gasteiger partial charge is 0.462 e. The number of ether oxygens (including phenoxy) is 4. The second-order valence-electron chi connectivity index (χ2n) is 26.6. The van der Waals surface area contributed by atoms with Crippen molar-refractivity contribution in [2.45, 2.75) is 329 Å². The first-order valence-electron chi connectivity index (χ1n) is 40.7. The van der Waals surface area contributed by atoms with Gasteiger partial charge in [0, 0.05) is 25.7 Å². The van der Waals surface area contributed by atoms with E-state index in [2.05, 4.69) is 186 Å². The highest BCUT2D eigenvalue weighted by Gasteiger charge is 2.30. The van der Waals surface area contributed by atoms with E-state index < -0.39 is 97.5 Å². The lowest BCUT2D eigenvalue weighted by atomic mass is 10.1. The van der Waals surface area contributed by atoms with Crippen LogP contribution in [0.3, 0.4) is 0 Å². The number of phosphoric acid groups is 2. The molecule has 0 saturated heterocycles. The number of unbranched alkanes of at least 4 members (excludes halogenated alkanes) is 23. The van der Waals surface area contributed by atoms with Crippen molar-refractivity contribution in [3.05, 3.63) is 158 Å². The van der Waals surface area contributed by atoms with E-state index in [-0.39, 0.29) is 25.7 Å². The van der Waals surface area contributed by atoms with Crippen LogP contribution >= 0.6 is 15.6 Å². The van der Waals surface area contributed by atoms with E-state index >= 15 is 0 Å². The van der Waals surface area contributed by atoms with Crippen molar-refractivity contribution in [3.8, 4) is 0 Å². The predicted molar refractivity (Wildman–Crippen MR) is 436 cm³/mol. The third-order valence-electron chi connectivity index (χ3n) is 16.5. The highest BCUT2D eigenvalue weighted by atomic mass is 31.2. The van der Waals surface area contributed by atoms with Crippen molar-refractivity contribution < 1.29 is 80.2 Å². The molecule has 0 amide bonds. The second-order valence-corrected chi connectivity index (χ2v) is 29.5. The van der Waals surface area contributed by atoms with Crippen molar-refractivity contribution in [3.63, 3.8) is 0 Å². The molecule has 0 radical (unpaired) electrons. The Labute approximate surface area is 642 Å². The number of phosphoric ester groups is 2. The van der Waals surface area contributed by atoms with Gasteiger partial charge in [0.05, 0.1) is 26.4 Å². The quantitative estimate of drug-likeness (QED) is 0.0169. The minimum absolute atomic E-state index is 0.0558. The van der Waals surface area contributed by atoms with Crippen LogP contribution in [-0.4, -0.2) is 96.7 Å². The fourth-order valence-electron chi connectivity index (χ4n) is 10.4. The van der Waals surface area contributed by atoms with Crippen LogP contribution in [0, 0.1) is 0 Å². The first-order chi connectivity index (χ1) is 51.7. The summed E-state index contributed by atoms with van der Waals surface area (Å²) in [6, 6.07) is 0. The van der Waals surface area contributed by atoms with Crippen molar-refractivity contribution in [2.24, 2.45) is 0 Å². The molecule has 0 aromatic heterocycles. The van der Waals surface area contributed by atoms with E-state index in [1.807, 2.05) is 0 Å². The average molecular weight is 1520 g/mol. The van der Waals surface area contributed by atoms with Crippen LogP contribution in [0.5, 0.6) is 0 Å². The number of hydrogen-bond acceptors (Lipinski definition) is 15. The lowest BCUT2D eigenvalue weighted by Gasteiger charge is -2.21. The molecule has 5 atom stereocenters. The van der Waals surface area contributed by atoms with E-state index in [9.17, 15) is 43.2 Å². The first kappa shape index (κ1) is 101. The predicted octanol–water partition coefficient (Wildman–Crippen LogP) is 24.0. The molecule has 0 aliphatic rings. The molecule has 0 heterocycles. The minimum atomic E-state index is -5.00. The Bertz CT molecular complexity index is 2630. The number of carbonyl (C=O) groups excluding carboxylic acids is 4. The molecule has 3 N–H and O–H groups in total. The average Bonchev–Trinajstić information content (AvgIpc) is 0.902. The van der Waals surface area contributed by atoms with Gasteiger partial charge in [0.1, 0.15) is 19.3 Å². The monoisotopic (exact) mass is 1520 g/mol. The molecule has 0 bridgehead atoms.